The molecule has 2 atom stereocenters. The predicted molar refractivity (Wildman–Crippen MR) is 61.5 cm³/mol. The first-order valence-corrected chi connectivity index (χ1v) is 6.44. The summed E-state index contributed by atoms with van der Waals surface area (Å²) >= 11 is 0. The molecular weight excluding hydrogens is 172 g/mol. The first-order chi connectivity index (χ1) is 6.86. The summed E-state index contributed by atoms with van der Waals surface area (Å²) in [5, 5.41) is 0. The molecule has 1 saturated carbocycles. The highest BCUT2D eigenvalue weighted by atomic mass is 16.5. The molecule has 14 heavy (non-hydrogen) atoms. The number of rotatable bonds is 7. The molecule has 0 amide bonds. The number of hydrogen-bond donors (Lipinski definition) is 0. The zero-order chi connectivity index (χ0) is 10.2. The van der Waals surface area contributed by atoms with Gasteiger partial charge in [-0.1, -0.05) is 33.1 Å². The number of hydrogen-bond acceptors (Lipinski definition) is 1. The Morgan fingerprint density at radius 3 is 2.50 bits per heavy atom. The zero-order valence-electron chi connectivity index (χ0n) is 9.93. The van der Waals surface area contributed by atoms with Crippen molar-refractivity contribution in [2.24, 2.45) is 11.8 Å². The van der Waals surface area contributed by atoms with E-state index in [1.807, 2.05) is 0 Å². The van der Waals surface area contributed by atoms with Crippen molar-refractivity contribution in [1.82, 2.24) is 0 Å². The van der Waals surface area contributed by atoms with Crippen molar-refractivity contribution < 1.29 is 4.74 Å². The van der Waals surface area contributed by atoms with Crippen LogP contribution in [0.1, 0.15) is 58.8 Å². The van der Waals surface area contributed by atoms with Crippen LogP contribution in [0.15, 0.2) is 0 Å². The molecule has 0 aromatic rings. The summed E-state index contributed by atoms with van der Waals surface area (Å²) in [5.41, 5.74) is 0. The molecule has 1 heteroatoms. The van der Waals surface area contributed by atoms with Crippen molar-refractivity contribution in [1.29, 1.82) is 0 Å². The molecule has 0 N–H and O–H groups in total. The van der Waals surface area contributed by atoms with Crippen LogP contribution in [0, 0.1) is 11.8 Å². The minimum atomic E-state index is 0.947. The van der Waals surface area contributed by atoms with Crippen molar-refractivity contribution >= 4 is 0 Å². The molecule has 1 aliphatic rings. The largest absolute Gasteiger partial charge is 0.381 e. The lowest BCUT2D eigenvalue weighted by atomic mass is 9.99. The van der Waals surface area contributed by atoms with Crippen LogP contribution >= 0.6 is 0 Å². The van der Waals surface area contributed by atoms with Crippen LogP contribution in [0.5, 0.6) is 0 Å². The third-order valence-corrected chi connectivity index (χ3v) is 3.48. The van der Waals surface area contributed by atoms with Crippen LogP contribution in [0.4, 0.5) is 0 Å². The van der Waals surface area contributed by atoms with Crippen molar-refractivity contribution in [2.75, 3.05) is 13.2 Å². The molecule has 0 aromatic heterocycles. The van der Waals surface area contributed by atoms with Crippen LogP contribution in [0.2, 0.25) is 0 Å². The Morgan fingerprint density at radius 2 is 1.86 bits per heavy atom. The van der Waals surface area contributed by atoms with Gasteiger partial charge in [-0.3, -0.25) is 0 Å². The Bertz CT molecular complexity index is 133. The molecule has 0 saturated heterocycles. The summed E-state index contributed by atoms with van der Waals surface area (Å²) in [5.74, 6) is 2.06. The minimum Gasteiger partial charge on any atom is -0.381 e. The van der Waals surface area contributed by atoms with Crippen molar-refractivity contribution in [3.63, 3.8) is 0 Å². The van der Waals surface area contributed by atoms with E-state index >= 15 is 0 Å². The summed E-state index contributed by atoms with van der Waals surface area (Å²) < 4.78 is 5.50. The van der Waals surface area contributed by atoms with Crippen LogP contribution < -0.4 is 0 Å². The summed E-state index contributed by atoms with van der Waals surface area (Å²) in [6.07, 6.45) is 9.68. The van der Waals surface area contributed by atoms with Crippen LogP contribution in [-0.2, 0) is 4.74 Å². The predicted octanol–water partition coefficient (Wildman–Crippen LogP) is 4.02. The highest BCUT2D eigenvalue weighted by Gasteiger charge is 2.22. The van der Waals surface area contributed by atoms with Gasteiger partial charge in [-0.2, -0.15) is 0 Å². The van der Waals surface area contributed by atoms with Gasteiger partial charge in [0.25, 0.3) is 0 Å². The van der Waals surface area contributed by atoms with Crippen LogP contribution in [0.25, 0.3) is 0 Å². The maximum Gasteiger partial charge on any atom is 0.0466 e. The number of ether oxygens (including phenoxy) is 1. The van der Waals surface area contributed by atoms with Gasteiger partial charge in [0, 0.05) is 13.2 Å². The summed E-state index contributed by atoms with van der Waals surface area (Å²) in [4.78, 5) is 0. The molecule has 0 aromatic carbocycles. The third kappa shape index (κ3) is 4.45. The highest BCUT2D eigenvalue weighted by Crippen LogP contribution is 2.35. The van der Waals surface area contributed by atoms with Gasteiger partial charge in [0.1, 0.15) is 0 Å². The average molecular weight is 198 g/mol. The Morgan fingerprint density at radius 1 is 1.07 bits per heavy atom. The van der Waals surface area contributed by atoms with E-state index in [1.54, 1.807) is 0 Å². The van der Waals surface area contributed by atoms with E-state index in [0.717, 1.165) is 31.5 Å². The molecule has 0 spiro atoms. The lowest BCUT2D eigenvalue weighted by Gasteiger charge is -2.09. The van der Waals surface area contributed by atoms with Crippen LogP contribution in [-0.4, -0.2) is 13.2 Å². The van der Waals surface area contributed by atoms with Crippen LogP contribution in [0.3, 0.4) is 0 Å². The highest BCUT2D eigenvalue weighted by molar-refractivity contribution is 4.74. The molecular formula is C13H26O. The van der Waals surface area contributed by atoms with Crippen molar-refractivity contribution in [3.05, 3.63) is 0 Å². The van der Waals surface area contributed by atoms with Gasteiger partial charge < -0.3 is 4.74 Å². The first kappa shape index (κ1) is 12.0. The topological polar surface area (TPSA) is 9.23 Å². The Hall–Kier alpha value is -0.0400. The average Bonchev–Trinajstić information content (AvgIpc) is 2.65. The smallest absolute Gasteiger partial charge is 0.0466 e. The van der Waals surface area contributed by atoms with Gasteiger partial charge in [0.05, 0.1) is 0 Å². The minimum absolute atomic E-state index is 0.947. The molecule has 84 valence electrons. The molecule has 0 heterocycles. The second-order valence-electron chi connectivity index (χ2n) is 4.71. The Labute approximate surface area is 89.2 Å². The normalized spacial score (nSPS) is 27.0. The summed E-state index contributed by atoms with van der Waals surface area (Å²) in [7, 11) is 0. The standard InChI is InChI=1S/C13H26O/c1-3-9-14-10-5-6-13-8-7-12(4-2)11-13/h12-13H,3-11H2,1-2H3. The molecule has 1 nitrogen and oxygen atoms in total. The maximum absolute atomic E-state index is 5.50. The second-order valence-corrected chi connectivity index (χ2v) is 4.71. The fourth-order valence-corrected chi connectivity index (χ4v) is 2.53. The van der Waals surface area contributed by atoms with Crippen molar-refractivity contribution in [3.8, 4) is 0 Å². The van der Waals surface area contributed by atoms with E-state index in [4.69, 9.17) is 4.74 Å². The lowest BCUT2D eigenvalue weighted by molar-refractivity contribution is 0.127. The SMILES string of the molecule is CCCOCCCC1CCC(CC)C1. The zero-order valence-corrected chi connectivity index (χ0v) is 9.93. The van der Waals surface area contributed by atoms with E-state index in [0.29, 0.717) is 0 Å². The molecule has 1 fully saturated rings. The van der Waals surface area contributed by atoms with Gasteiger partial charge >= 0.3 is 0 Å². The molecule has 0 bridgehead atoms. The van der Waals surface area contributed by atoms with Gasteiger partial charge in [-0.15, -0.1) is 0 Å². The van der Waals surface area contributed by atoms with Gasteiger partial charge in [0.2, 0.25) is 0 Å². The van der Waals surface area contributed by atoms with E-state index in [1.165, 1.54) is 38.5 Å². The van der Waals surface area contributed by atoms with Crippen molar-refractivity contribution in [2.45, 2.75) is 58.8 Å². The quantitative estimate of drug-likeness (QED) is 0.561. The fourth-order valence-electron chi connectivity index (χ4n) is 2.53. The van der Waals surface area contributed by atoms with E-state index in [-0.39, 0.29) is 0 Å². The summed E-state index contributed by atoms with van der Waals surface area (Å²) in [6.45, 7) is 6.43. The first-order valence-electron chi connectivity index (χ1n) is 6.44. The van der Waals surface area contributed by atoms with Gasteiger partial charge in [-0.05, 0) is 37.5 Å². The van der Waals surface area contributed by atoms with E-state index in [2.05, 4.69) is 13.8 Å². The Balaban J connectivity index is 1.92. The van der Waals surface area contributed by atoms with E-state index < -0.39 is 0 Å². The molecule has 2 unspecified atom stereocenters. The lowest BCUT2D eigenvalue weighted by Crippen LogP contribution is -2.00. The second kappa shape index (κ2) is 7.28. The van der Waals surface area contributed by atoms with Gasteiger partial charge in [-0.25, -0.2) is 0 Å². The van der Waals surface area contributed by atoms with E-state index in [9.17, 15) is 0 Å². The third-order valence-electron chi connectivity index (χ3n) is 3.48. The Kier molecular flexibility index (Phi) is 6.25. The molecule has 0 aliphatic heterocycles. The fraction of sp³-hybridized carbons (Fsp3) is 1.00. The molecule has 1 aliphatic carbocycles. The van der Waals surface area contributed by atoms with Gasteiger partial charge in [0.15, 0.2) is 0 Å². The monoisotopic (exact) mass is 198 g/mol. The maximum atomic E-state index is 5.50. The molecule has 0 radical (unpaired) electrons. The summed E-state index contributed by atoms with van der Waals surface area (Å²) in [6, 6.07) is 0. The molecule has 1 rings (SSSR count).